The number of nitrogens with two attached hydrogens (primary N) is 1. The molecule has 3 N–H and O–H groups in total. The number of hydrogen-bond donors (Lipinski definition) is 2. The normalized spacial score (nSPS) is 15.2. The minimum absolute atomic E-state index is 0.0130. The van der Waals surface area contributed by atoms with Crippen LogP contribution in [0.3, 0.4) is 0 Å². The highest BCUT2D eigenvalue weighted by molar-refractivity contribution is 5.80. The maximum atomic E-state index is 11.9. The predicted molar refractivity (Wildman–Crippen MR) is 119 cm³/mol. The molecule has 0 aliphatic carbocycles. The summed E-state index contributed by atoms with van der Waals surface area (Å²) in [6.45, 7) is 6.99. The van der Waals surface area contributed by atoms with Crippen molar-refractivity contribution in [1.29, 1.82) is 0 Å². The zero-order valence-corrected chi connectivity index (χ0v) is 18.2. The van der Waals surface area contributed by atoms with Crippen molar-refractivity contribution in [3.8, 4) is 5.75 Å². The summed E-state index contributed by atoms with van der Waals surface area (Å²) < 4.78 is 5.45. The highest BCUT2D eigenvalue weighted by Crippen LogP contribution is 2.31. The molecular formula is C23H38N4O2. The number of carbonyl (C=O) groups is 1. The number of nitrogens with zero attached hydrogens (tertiary/aromatic N) is 2. The van der Waals surface area contributed by atoms with Crippen LogP contribution in [0.2, 0.25) is 0 Å². The summed E-state index contributed by atoms with van der Waals surface area (Å²) in [4.78, 5) is 19.0. The second kappa shape index (κ2) is 12.3. The van der Waals surface area contributed by atoms with Gasteiger partial charge in [-0.25, -0.2) is 4.99 Å². The standard InChI is InChI=1S/C23H38N4O2/c1-3-5-14-23(15-6-4-2)19-27(22(24)26-23)17-11-10-16-25-21(28)18-29-20-12-8-7-9-13-20/h7-9,12-13H,3-6,10-11,14-19H2,1-2H3,(H2,24,26)(H,25,28). The van der Waals surface area contributed by atoms with Crippen molar-refractivity contribution in [2.45, 2.75) is 70.8 Å². The van der Waals surface area contributed by atoms with Crippen LogP contribution in [0.1, 0.15) is 65.2 Å². The molecule has 0 spiro atoms. The van der Waals surface area contributed by atoms with Crippen molar-refractivity contribution in [2.24, 2.45) is 10.7 Å². The Kier molecular flexibility index (Phi) is 9.81. The van der Waals surface area contributed by atoms with E-state index >= 15 is 0 Å². The maximum absolute atomic E-state index is 11.9. The Morgan fingerprint density at radius 3 is 2.48 bits per heavy atom. The minimum atomic E-state index is -0.0887. The number of unbranched alkanes of at least 4 members (excludes halogenated alkanes) is 3. The lowest BCUT2D eigenvalue weighted by Gasteiger charge is -2.28. The van der Waals surface area contributed by atoms with Crippen LogP contribution in [0.15, 0.2) is 35.3 Å². The van der Waals surface area contributed by atoms with Crippen LogP contribution < -0.4 is 15.8 Å². The van der Waals surface area contributed by atoms with E-state index in [2.05, 4.69) is 24.1 Å². The molecule has 0 atom stereocenters. The summed E-state index contributed by atoms with van der Waals surface area (Å²) in [5.41, 5.74) is 6.26. The Bertz CT molecular complexity index is 625. The van der Waals surface area contributed by atoms with Crippen LogP contribution in [0.25, 0.3) is 0 Å². The van der Waals surface area contributed by atoms with Crippen LogP contribution in [0.5, 0.6) is 5.75 Å². The molecule has 162 valence electrons. The van der Waals surface area contributed by atoms with Crippen molar-refractivity contribution in [3.05, 3.63) is 30.3 Å². The number of nitrogens with one attached hydrogen (secondary N) is 1. The maximum Gasteiger partial charge on any atom is 0.257 e. The van der Waals surface area contributed by atoms with E-state index in [0.717, 1.165) is 38.8 Å². The van der Waals surface area contributed by atoms with Crippen molar-refractivity contribution in [1.82, 2.24) is 10.2 Å². The minimum Gasteiger partial charge on any atom is -0.484 e. The van der Waals surface area contributed by atoms with E-state index in [1.54, 1.807) is 0 Å². The molecule has 2 rings (SSSR count). The lowest BCUT2D eigenvalue weighted by Crippen LogP contribution is -2.39. The van der Waals surface area contributed by atoms with Crippen LogP contribution >= 0.6 is 0 Å². The summed E-state index contributed by atoms with van der Waals surface area (Å²) in [5.74, 6) is 1.31. The third kappa shape index (κ3) is 7.95. The molecular weight excluding hydrogens is 364 g/mol. The summed E-state index contributed by atoms with van der Waals surface area (Å²) in [6.07, 6.45) is 8.92. The Morgan fingerprint density at radius 1 is 1.14 bits per heavy atom. The Balaban J connectivity index is 1.64. The zero-order chi connectivity index (χ0) is 21.0. The second-order valence-corrected chi connectivity index (χ2v) is 7.98. The van der Waals surface area contributed by atoms with Crippen molar-refractivity contribution in [3.63, 3.8) is 0 Å². The first-order valence-electron chi connectivity index (χ1n) is 11.1. The quantitative estimate of drug-likeness (QED) is 0.465. The number of amides is 1. The number of benzene rings is 1. The number of ether oxygens (including phenoxy) is 1. The van der Waals surface area contributed by atoms with E-state index < -0.39 is 0 Å². The van der Waals surface area contributed by atoms with E-state index in [-0.39, 0.29) is 18.1 Å². The molecule has 1 heterocycles. The van der Waals surface area contributed by atoms with Gasteiger partial charge in [0.05, 0.1) is 5.54 Å². The molecule has 0 unspecified atom stereocenters. The highest BCUT2D eigenvalue weighted by atomic mass is 16.5. The summed E-state index contributed by atoms with van der Waals surface area (Å²) >= 11 is 0. The molecule has 0 bridgehead atoms. The Labute approximate surface area is 175 Å². The number of para-hydroxylation sites is 1. The van der Waals surface area contributed by atoms with Crippen molar-refractivity contribution >= 4 is 11.9 Å². The molecule has 0 saturated carbocycles. The molecule has 1 aromatic rings. The van der Waals surface area contributed by atoms with Gasteiger partial charge in [0.1, 0.15) is 5.75 Å². The first-order chi connectivity index (χ1) is 14.1. The van der Waals surface area contributed by atoms with Gasteiger partial charge in [0, 0.05) is 19.6 Å². The molecule has 0 aromatic heterocycles. The molecule has 1 aliphatic heterocycles. The van der Waals surface area contributed by atoms with Crippen LogP contribution in [0, 0.1) is 0 Å². The van der Waals surface area contributed by atoms with E-state index in [4.69, 9.17) is 15.5 Å². The van der Waals surface area contributed by atoms with Crippen LogP contribution in [0.4, 0.5) is 0 Å². The molecule has 1 aliphatic rings. The lowest BCUT2D eigenvalue weighted by atomic mass is 9.88. The fraction of sp³-hybridized carbons (Fsp3) is 0.652. The van der Waals surface area contributed by atoms with Gasteiger partial charge >= 0.3 is 0 Å². The Hall–Kier alpha value is -2.24. The average molecular weight is 403 g/mol. The molecule has 6 heteroatoms. The van der Waals surface area contributed by atoms with Gasteiger partial charge in [-0.05, 0) is 37.8 Å². The van der Waals surface area contributed by atoms with Gasteiger partial charge in [-0.1, -0.05) is 57.7 Å². The SMILES string of the molecule is CCCCC1(CCCC)CN(CCCCNC(=O)COc2ccccc2)C(N)=N1. The molecule has 1 amide bonds. The third-order valence-corrected chi connectivity index (χ3v) is 5.44. The van der Waals surface area contributed by atoms with Gasteiger partial charge in [-0.3, -0.25) is 4.79 Å². The number of carbonyl (C=O) groups excluding carboxylic acids is 1. The average Bonchev–Trinajstić information content (AvgIpc) is 3.05. The van der Waals surface area contributed by atoms with Crippen LogP contribution in [-0.4, -0.2) is 48.5 Å². The van der Waals surface area contributed by atoms with Gasteiger partial charge in [0.25, 0.3) is 5.91 Å². The van der Waals surface area contributed by atoms with Gasteiger partial charge in [-0.2, -0.15) is 0 Å². The molecule has 29 heavy (non-hydrogen) atoms. The number of aliphatic imine (C=N–C) groups is 1. The summed E-state index contributed by atoms with van der Waals surface area (Å²) in [5, 5.41) is 2.92. The largest absolute Gasteiger partial charge is 0.484 e. The fourth-order valence-corrected chi connectivity index (χ4v) is 3.76. The molecule has 0 radical (unpaired) electrons. The first kappa shape index (κ1) is 23.0. The van der Waals surface area contributed by atoms with Gasteiger partial charge in [0.2, 0.25) is 0 Å². The smallest absolute Gasteiger partial charge is 0.257 e. The monoisotopic (exact) mass is 402 g/mol. The van der Waals surface area contributed by atoms with Gasteiger partial charge in [-0.15, -0.1) is 0 Å². The molecule has 6 nitrogen and oxygen atoms in total. The number of rotatable bonds is 14. The summed E-state index contributed by atoms with van der Waals surface area (Å²) in [7, 11) is 0. The lowest BCUT2D eigenvalue weighted by molar-refractivity contribution is -0.123. The van der Waals surface area contributed by atoms with Crippen molar-refractivity contribution in [2.75, 3.05) is 26.2 Å². The predicted octanol–water partition coefficient (Wildman–Crippen LogP) is 3.71. The van der Waals surface area contributed by atoms with E-state index in [0.29, 0.717) is 18.3 Å². The third-order valence-electron chi connectivity index (χ3n) is 5.44. The highest BCUT2D eigenvalue weighted by Gasteiger charge is 2.37. The van der Waals surface area contributed by atoms with Crippen LogP contribution in [-0.2, 0) is 4.79 Å². The van der Waals surface area contributed by atoms with E-state index in [1.807, 2.05) is 30.3 Å². The fourth-order valence-electron chi connectivity index (χ4n) is 3.76. The zero-order valence-electron chi connectivity index (χ0n) is 18.2. The number of hydrogen-bond acceptors (Lipinski definition) is 5. The summed E-state index contributed by atoms with van der Waals surface area (Å²) in [6, 6.07) is 9.38. The van der Waals surface area contributed by atoms with Gasteiger partial charge < -0.3 is 20.7 Å². The molecule has 0 fully saturated rings. The van der Waals surface area contributed by atoms with Crippen molar-refractivity contribution < 1.29 is 9.53 Å². The first-order valence-corrected chi connectivity index (χ1v) is 11.1. The second-order valence-electron chi connectivity index (χ2n) is 7.98. The van der Waals surface area contributed by atoms with E-state index in [9.17, 15) is 4.79 Å². The molecule has 1 aromatic carbocycles. The Morgan fingerprint density at radius 2 is 1.83 bits per heavy atom. The number of guanidine groups is 1. The molecule has 0 saturated heterocycles. The topological polar surface area (TPSA) is 80.0 Å². The van der Waals surface area contributed by atoms with Gasteiger partial charge in [0.15, 0.2) is 12.6 Å². The van der Waals surface area contributed by atoms with E-state index in [1.165, 1.54) is 25.7 Å².